The number of pyridine rings is 1. The van der Waals surface area contributed by atoms with Gasteiger partial charge in [-0.1, -0.05) is 47.6 Å². The largest absolute Gasteiger partial charge is 0.360 e. The van der Waals surface area contributed by atoms with E-state index >= 15 is 0 Å². The molecule has 0 bridgehead atoms. The molecule has 4 rings (SSSR count). The summed E-state index contributed by atoms with van der Waals surface area (Å²) in [5.74, 6) is -0.684. The van der Waals surface area contributed by atoms with Crippen molar-refractivity contribution in [2.24, 2.45) is 0 Å². The molecule has 0 aliphatic heterocycles. The molecule has 0 spiro atoms. The lowest BCUT2D eigenvalue weighted by molar-refractivity contribution is -0.125. The number of nitrogens with one attached hydrogen (secondary N) is 2. The van der Waals surface area contributed by atoms with Crippen molar-refractivity contribution < 1.29 is 18.9 Å². The minimum absolute atomic E-state index is 0.235. The number of carbonyl (C=O) groups excluding carboxylic acids is 3. The van der Waals surface area contributed by atoms with Gasteiger partial charge in [0, 0.05) is 42.8 Å². The van der Waals surface area contributed by atoms with Crippen LogP contribution in [0.1, 0.15) is 34.1 Å². The van der Waals surface area contributed by atoms with Crippen LogP contribution in [0.4, 0.5) is 11.5 Å². The van der Waals surface area contributed by atoms with Crippen LogP contribution < -0.4 is 15.5 Å². The Morgan fingerprint density at radius 1 is 0.950 bits per heavy atom. The first-order valence-corrected chi connectivity index (χ1v) is 12.9. The average molecular weight is 538 g/mol. The lowest BCUT2D eigenvalue weighted by Gasteiger charge is -2.32. The van der Waals surface area contributed by atoms with Crippen LogP contribution in [-0.2, 0) is 20.8 Å². The second-order valence-corrected chi connectivity index (χ2v) is 9.35. The number of benzene rings is 2. The smallest absolute Gasteiger partial charge is 0.252 e. The van der Waals surface area contributed by atoms with Gasteiger partial charge in [0.05, 0.1) is 0 Å². The van der Waals surface area contributed by atoms with Gasteiger partial charge in [0.2, 0.25) is 11.8 Å². The molecule has 2 heterocycles. The Hall–Kier alpha value is -5.05. The van der Waals surface area contributed by atoms with Crippen LogP contribution in [0.2, 0.25) is 0 Å². The minimum atomic E-state index is -1.02. The SMILES string of the molecule is Cc1ccc(C)c(N(C(=O)C=CC(=O)Nc2cc(C)on2)C(C(=O)NCCc2ccccc2)c2ccncc2)c1. The quantitative estimate of drug-likeness (QED) is 0.285. The standard InChI is InChI=1S/C31H31N5O4/c1-21-9-10-22(2)26(19-21)36(29(38)12-11-28(37)34-27-20-23(3)40-35-27)30(25-14-16-32-17-15-25)31(39)33-18-13-24-7-5-4-6-8-24/h4-12,14-17,19-20,30H,13,18H2,1-3H3,(H,33,39)(H,34,35,37). The zero-order chi connectivity index (χ0) is 28.5. The highest BCUT2D eigenvalue weighted by Gasteiger charge is 2.32. The van der Waals surface area contributed by atoms with Crippen LogP contribution in [0.5, 0.6) is 0 Å². The van der Waals surface area contributed by atoms with Gasteiger partial charge in [-0.3, -0.25) is 24.3 Å². The maximum absolute atomic E-state index is 13.8. The summed E-state index contributed by atoms with van der Waals surface area (Å²) in [6.45, 7) is 5.87. The summed E-state index contributed by atoms with van der Waals surface area (Å²) in [5.41, 5.74) is 3.94. The maximum atomic E-state index is 13.8. The first kappa shape index (κ1) is 28.0. The Morgan fingerprint density at radius 2 is 1.70 bits per heavy atom. The predicted octanol–water partition coefficient (Wildman–Crippen LogP) is 4.62. The van der Waals surface area contributed by atoms with Gasteiger partial charge in [-0.2, -0.15) is 0 Å². The third-order valence-corrected chi connectivity index (χ3v) is 6.20. The average Bonchev–Trinajstić information content (AvgIpc) is 3.36. The molecular weight excluding hydrogens is 506 g/mol. The third-order valence-electron chi connectivity index (χ3n) is 6.20. The molecule has 0 aliphatic carbocycles. The number of amides is 3. The van der Waals surface area contributed by atoms with Gasteiger partial charge < -0.3 is 15.2 Å². The van der Waals surface area contributed by atoms with Crippen LogP contribution in [0.15, 0.2) is 95.8 Å². The zero-order valence-electron chi connectivity index (χ0n) is 22.6. The van der Waals surface area contributed by atoms with Crippen molar-refractivity contribution in [2.75, 3.05) is 16.8 Å². The molecule has 0 saturated carbocycles. The van der Waals surface area contributed by atoms with Gasteiger partial charge in [-0.05, 0) is 67.6 Å². The van der Waals surface area contributed by atoms with Crippen molar-refractivity contribution in [1.82, 2.24) is 15.5 Å². The number of aromatic nitrogens is 2. The number of hydrogen-bond donors (Lipinski definition) is 2. The molecule has 1 unspecified atom stereocenters. The van der Waals surface area contributed by atoms with Crippen molar-refractivity contribution in [3.63, 3.8) is 0 Å². The molecule has 0 aliphatic rings. The molecule has 1 atom stereocenters. The summed E-state index contributed by atoms with van der Waals surface area (Å²) < 4.78 is 4.97. The summed E-state index contributed by atoms with van der Waals surface area (Å²) >= 11 is 0. The van der Waals surface area contributed by atoms with Crippen molar-refractivity contribution >= 4 is 29.2 Å². The Kier molecular flexibility index (Phi) is 9.19. The van der Waals surface area contributed by atoms with E-state index in [1.807, 2.05) is 62.4 Å². The minimum Gasteiger partial charge on any atom is -0.360 e. The van der Waals surface area contributed by atoms with Crippen molar-refractivity contribution in [1.29, 1.82) is 0 Å². The Balaban J connectivity index is 1.66. The summed E-state index contributed by atoms with van der Waals surface area (Å²) in [5, 5.41) is 9.28. The van der Waals surface area contributed by atoms with Crippen LogP contribution in [-0.4, -0.2) is 34.4 Å². The lowest BCUT2D eigenvalue weighted by atomic mass is 10.0. The zero-order valence-corrected chi connectivity index (χ0v) is 22.6. The molecule has 2 N–H and O–H groups in total. The molecule has 0 fully saturated rings. The summed E-state index contributed by atoms with van der Waals surface area (Å²) in [6, 6.07) is 19.5. The van der Waals surface area contributed by atoms with Gasteiger partial charge in [-0.15, -0.1) is 0 Å². The van der Waals surface area contributed by atoms with Gasteiger partial charge in [0.25, 0.3) is 5.91 Å². The Labute approximate surface area is 232 Å². The van der Waals surface area contributed by atoms with Crippen LogP contribution in [0, 0.1) is 20.8 Å². The monoisotopic (exact) mass is 537 g/mol. The molecule has 0 saturated heterocycles. The molecular formula is C31H31N5O4. The van der Waals surface area contributed by atoms with Crippen molar-refractivity contribution in [2.45, 2.75) is 33.2 Å². The number of rotatable bonds is 10. The van der Waals surface area contributed by atoms with Crippen LogP contribution in [0.25, 0.3) is 0 Å². The molecule has 2 aromatic carbocycles. The van der Waals surface area contributed by atoms with E-state index in [1.54, 1.807) is 37.5 Å². The summed E-state index contributed by atoms with van der Waals surface area (Å²) in [7, 11) is 0. The molecule has 204 valence electrons. The van der Waals surface area contributed by atoms with Crippen LogP contribution >= 0.6 is 0 Å². The van der Waals surface area contributed by atoms with E-state index in [0.717, 1.165) is 28.8 Å². The predicted molar refractivity (Wildman–Crippen MR) is 153 cm³/mol. The van der Waals surface area contributed by atoms with Gasteiger partial charge >= 0.3 is 0 Å². The number of carbonyl (C=O) groups is 3. The highest BCUT2D eigenvalue weighted by atomic mass is 16.5. The third kappa shape index (κ3) is 7.28. The van der Waals surface area contributed by atoms with Gasteiger partial charge in [0.1, 0.15) is 11.8 Å². The molecule has 9 nitrogen and oxygen atoms in total. The van der Waals surface area contributed by atoms with E-state index in [-0.39, 0.29) is 11.7 Å². The summed E-state index contributed by atoms with van der Waals surface area (Å²) in [4.78, 5) is 45.6. The molecule has 9 heteroatoms. The molecule has 4 aromatic rings. The first-order valence-electron chi connectivity index (χ1n) is 12.9. The molecule has 40 heavy (non-hydrogen) atoms. The van der Waals surface area contributed by atoms with E-state index in [4.69, 9.17) is 4.52 Å². The van der Waals surface area contributed by atoms with E-state index < -0.39 is 17.9 Å². The molecule has 0 radical (unpaired) electrons. The van der Waals surface area contributed by atoms with Crippen molar-refractivity contribution in [3.05, 3.63) is 119 Å². The van der Waals surface area contributed by atoms with E-state index in [2.05, 4.69) is 20.8 Å². The second kappa shape index (κ2) is 13.1. The summed E-state index contributed by atoms with van der Waals surface area (Å²) in [6.07, 6.45) is 6.05. The normalized spacial score (nSPS) is 11.7. The lowest BCUT2D eigenvalue weighted by Crippen LogP contribution is -2.44. The molecule has 2 aromatic heterocycles. The van der Waals surface area contributed by atoms with Crippen molar-refractivity contribution in [3.8, 4) is 0 Å². The Morgan fingerprint density at radius 3 is 2.40 bits per heavy atom. The highest BCUT2D eigenvalue weighted by molar-refractivity contribution is 6.10. The van der Waals surface area contributed by atoms with Crippen LogP contribution in [0.3, 0.4) is 0 Å². The number of hydrogen-bond acceptors (Lipinski definition) is 6. The van der Waals surface area contributed by atoms with Gasteiger partial charge in [0.15, 0.2) is 5.82 Å². The fraction of sp³-hybridized carbons (Fsp3) is 0.194. The van der Waals surface area contributed by atoms with E-state index in [0.29, 0.717) is 30.0 Å². The Bertz CT molecular complexity index is 1500. The van der Waals surface area contributed by atoms with Gasteiger partial charge in [-0.25, -0.2) is 0 Å². The second-order valence-electron chi connectivity index (χ2n) is 9.35. The number of anilines is 2. The first-order chi connectivity index (χ1) is 19.3. The topological polar surface area (TPSA) is 117 Å². The van der Waals surface area contributed by atoms with E-state index in [1.165, 1.54) is 4.90 Å². The highest BCUT2D eigenvalue weighted by Crippen LogP contribution is 2.31. The molecule has 3 amide bonds. The fourth-order valence-corrected chi connectivity index (χ4v) is 4.22. The number of nitrogens with zero attached hydrogens (tertiary/aromatic N) is 3. The fourth-order valence-electron chi connectivity index (χ4n) is 4.22. The van der Waals surface area contributed by atoms with E-state index in [9.17, 15) is 14.4 Å². The maximum Gasteiger partial charge on any atom is 0.252 e. The number of aryl methyl sites for hydroxylation is 3.